The van der Waals surface area contributed by atoms with Gasteiger partial charge >= 0.3 is 0 Å². The summed E-state index contributed by atoms with van der Waals surface area (Å²) in [5.74, 6) is 5.62. The SMILES string of the molecule is CCC[C@](C)(O)C#C[C@@](C)(O)c1ccc2ccccc2c1. The molecule has 0 aromatic heterocycles. The summed E-state index contributed by atoms with van der Waals surface area (Å²) in [6, 6.07) is 13.8. The van der Waals surface area contributed by atoms with E-state index in [-0.39, 0.29) is 0 Å². The van der Waals surface area contributed by atoms with Gasteiger partial charge in [-0.25, -0.2) is 0 Å². The van der Waals surface area contributed by atoms with Crippen molar-refractivity contribution in [2.24, 2.45) is 0 Å². The summed E-state index contributed by atoms with van der Waals surface area (Å²) in [6.45, 7) is 5.34. The van der Waals surface area contributed by atoms with E-state index in [1.165, 1.54) is 0 Å². The number of fused-ring (bicyclic) bond motifs is 1. The number of rotatable bonds is 3. The van der Waals surface area contributed by atoms with E-state index in [1.54, 1.807) is 13.8 Å². The first-order valence-corrected chi connectivity index (χ1v) is 7.32. The van der Waals surface area contributed by atoms with Gasteiger partial charge < -0.3 is 10.2 Å². The fraction of sp³-hybridized carbons (Fsp3) is 0.368. The van der Waals surface area contributed by atoms with Gasteiger partial charge in [-0.2, -0.15) is 0 Å². The van der Waals surface area contributed by atoms with E-state index in [9.17, 15) is 10.2 Å². The standard InChI is InChI=1S/C19H22O2/c1-4-11-18(2,20)12-13-19(3,21)17-10-9-15-7-5-6-8-16(15)14-17/h5-10,14,20-21H,4,11H2,1-3H3/t18-,19+/m0/s1. The van der Waals surface area contributed by atoms with Crippen LogP contribution in [0.15, 0.2) is 42.5 Å². The number of benzene rings is 2. The van der Waals surface area contributed by atoms with Crippen molar-refractivity contribution in [2.45, 2.75) is 44.8 Å². The van der Waals surface area contributed by atoms with E-state index in [0.717, 1.165) is 22.8 Å². The molecule has 2 heteroatoms. The second kappa shape index (κ2) is 5.89. The molecule has 2 nitrogen and oxygen atoms in total. The topological polar surface area (TPSA) is 40.5 Å². The molecule has 0 saturated carbocycles. The van der Waals surface area contributed by atoms with Gasteiger partial charge in [0.2, 0.25) is 0 Å². The molecule has 0 aliphatic carbocycles. The highest BCUT2D eigenvalue weighted by molar-refractivity contribution is 5.83. The molecule has 0 spiro atoms. The first kappa shape index (κ1) is 15.6. The zero-order valence-electron chi connectivity index (χ0n) is 12.9. The molecular formula is C19H22O2. The van der Waals surface area contributed by atoms with E-state index >= 15 is 0 Å². The van der Waals surface area contributed by atoms with Crippen LogP contribution in [0.1, 0.15) is 39.2 Å². The minimum Gasteiger partial charge on any atom is -0.378 e. The van der Waals surface area contributed by atoms with Crippen molar-refractivity contribution < 1.29 is 10.2 Å². The fourth-order valence-electron chi connectivity index (χ4n) is 2.37. The summed E-state index contributed by atoms with van der Waals surface area (Å²) in [7, 11) is 0. The lowest BCUT2D eigenvalue weighted by Gasteiger charge is -2.20. The Balaban J connectivity index is 2.35. The van der Waals surface area contributed by atoms with E-state index in [4.69, 9.17) is 0 Å². The molecule has 2 atom stereocenters. The minimum absolute atomic E-state index is 0.591. The minimum atomic E-state index is -1.28. The predicted molar refractivity (Wildman–Crippen MR) is 86.8 cm³/mol. The Morgan fingerprint density at radius 1 is 0.952 bits per heavy atom. The molecule has 2 rings (SSSR count). The van der Waals surface area contributed by atoms with Gasteiger partial charge in [0.1, 0.15) is 11.2 Å². The zero-order chi connectivity index (χ0) is 15.5. The molecule has 0 aliphatic heterocycles. The lowest BCUT2D eigenvalue weighted by Crippen LogP contribution is -2.24. The number of hydrogen-bond donors (Lipinski definition) is 2. The predicted octanol–water partition coefficient (Wildman–Crippen LogP) is 3.60. The zero-order valence-corrected chi connectivity index (χ0v) is 12.9. The summed E-state index contributed by atoms with van der Waals surface area (Å²) < 4.78 is 0. The summed E-state index contributed by atoms with van der Waals surface area (Å²) in [5, 5.41) is 22.9. The third-order valence-corrected chi connectivity index (χ3v) is 3.62. The Hall–Kier alpha value is -1.82. The Bertz CT molecular complexity index is 687. The molecule has 0 fully saturated rings. The maximum absolute atomic E-state index is 10.6. The molecule has 2 aromatic carbocycles. The molecular weight excluding hydrogens is 260 g/mol. The smallest absolute Gasteiger partial charge is 0.148 e. The largest absolute Gasteiger partial charge is 0.378 e. The van der Waals surface area contributed by atoms with Crippen molar-refractivity contribution in [3.8, 4) is 11.8 Å². The first-order valence-electron chi connectivity index (χ1n) is 7.32. The molecule has 0 heterocycles. The average Bonchev–Trinajstić information content (AvgIpc) is 2.45. The van der Waals surface area contributed by atoms with Crippen molar-refractivity contribution in [1.82, 2.24) is 0 Å². The Kier molecular flexibility index (Phi) is 4.37. The molecule has 0 bridgehead atoms. The van der Waals surface area contributed by atoms with Crippen molar-refractivity contribution in [2.75, 3.05) is 0 Å². The van der Waals surface area contributed by atoms with Crippen LogP contribution in [0.4, 0.5) is 0 Å². The second-order valence-corrected chi connectivity index (χ2v) is 5.91. The molecule has 2 aromatic rings. The van der Waals surface area contributed by atoms with E-state index in [0.29, 0.717) is 6.42 Å². The fourth-order valence-corrected chi connectivity index (χ4v) is 2.37. The van der Waals surface area contributed by atoms with Gasteiger partial charge in [0.15, 0.2) is 0 Å². The summed E-state index contributed by atoms with van der Waals surface area (Å²) in [5.41, 5.74) is -1.60. The van der Waals surface area contributed by atoms with Crippen molar-refractivity contribution in [1.29, 1.82) is 0 Å². The second-order valence-electron chi connectivity index (χ2n) is 5.91. The van der Waals surface area contributed by atoms with Gasteiger partial charge in [0, 0.05) is 0 Å². The van der Waals surface area contributed by atoms with Crippen LogP contribution >= 0.6 is 0 Å². The molecule has 2 N–H and O–H groups in total. The summed E-state index contributed by atoms with van der Waals surface area (Å²) >= 11 is 0. The first-order chi connectivity index (χ1) is 9.84. The van der Waals surface area contributed by atoms with E-state index in [1.807, 2.05) is 49.4 Å². The van der Waals surface area contributed by atoms with E-state index < -0.39 is 11.2 Å². The summed E-state index contributed by atoms with van der Waals surface area (Å²) in [6.07, 6.45) is 1.44. The van der Waals surface area contributed by atoms with Crippen molar-refractivity contribution in [3.05, 3.63) is 48.0 Å². The molecule has 0 unspecified atom stereocenters. The summed E-state index contributed by atoms with van der Waals surface area (Å²) in [4.78, 5) is 0. The lowest BCUT2D eigenvalue weighted by molar-refractivity contribution is 0.103. The van der Waals surface area contributed by atoms with Crippen LogP contribution in [-0.4, -0.2) is 15.8 Å². The van der Waals surface area contributed by atoms with Crippen LogP contribution in [0.25, 0.3) is 10.8 Å². The van der Waals surface area contributed by atoms with Crippen molar-refractivity contribution >= 4 is 10.8 Å². The monoisotopic (exact) mass is 282 g/mol. The molecule has 110 valence electrons. The highest BCUT2D eigenvalue weighted by atomic mass is 16.3. The van der Waals surface area contributed by atoms with Crippen LogP contribution in [0.3, 0.4) is 0 Å². The molecule has 21 heavy (non-hydrogen) atoms. The van der Waals surface area contributed by atoms with Gasteiger partial charge in [-0.3, -0.25) is 0 Å². The molecule has 0 amide bonds. The average molecular weight is 282 g/mol. The van der Waals surface area contributed by atoms with Crippen LogP contribution in [0, 0.1) is 11.8 Å². The van der Waals surface area contributed by atoms with Gasteiger partial charge in [0.05, 0.1) is 0 Å². The third-order valence-electron chi connectivity index (χ3n) is 3.62. The molecule has 0 aliphatic rings. The van der Waals surface area contributed by atoms with Crippen LogP contribution < -0.4 is 0 Å². The third kappa shape index (κ3) is 3.85. The van der Waals surface area contributed by atoms with Gasteiger partial charge in [0.25, 0.3) is 0 Å². The normalized spacial score (nSPS) is 16.6. The Labute approximate surface area is 126 Å². The van der Waals surface area contributed by atoms with Crippen LogP contribution in [0.5, 0.6) is 0 Å². The van der Waals surface area contributed by atoms with Crippen molar-refractivity contribution in [3.63, 3.8) is 0 Å². The van der Waals surface area contributed by atoms with Gasteiger partial charge in [-0.15, -0.1) is 0 Å². The molecule has 0 saturated heterocycles. The van der Waals surface area contributed by atoms with E-state index in [2.05, 4.69) is 11.8 Å². The maximum Gasteiger partial charge on any atom is 0.148 e. The number of hydrogen-bond acceptors (Lipinski definition) is 2. The maximum atomic E-state index is 10.6. The highest BCUT2D eigenvalue weighted by Crippen LogP contribution is 2.25. The van der Waals surface area contributed by atoms with Crippen LogP contribution in [-0.2, 0) is 5.60 Å². The highest BCUT2D eigenvalue weighted by Gasteiger charge is 2.22. The Morgan fingerprint density at radius 2 is 1.62 bits per heavy atom. The molecule has 0 radical (unpaired) electrons. The lowest BCUT2D eigenvalue weighted by atomic mass is 9.92. The Morgan fingerprint density at radius 3 is 2.29 bits per heavy atom. The van der Waals surface area contributed by atoms with Crippen LogP contribution in [0.2, 0.25) is 0 Å². The van der Waals surface area contributed by atoms with Gasteiger partial charge in [-0.1, -0.05) is 61.6 Å². The number of aliphatic hydroxyl groups is 2. The van der Waals surface area contributed by atoms with Gasteiger partial charge in [-0.05, 0) is 42.7 Å². The quantitative estimate of drug-likeness (QED) is 0.844.